The first-order chi connectivity index (χ1) is 8.78. The lowest BCUT2D eigenvalue weighted by atomic mass is 10.2. The van der Waals surface area contributed by atoms with E-state index in [9.17, 15) is 0 Å². The van der Waals surface area contributed by atoms with Crippen molar-refractivity contribution in [1.29, 1.82) is 0 Å². The summed E-state index contributed by atoms with van der Waals surface area (Å²) in [5.74, 6) is 1.73. The second kappa shape index (κ2) is 6.61. The summed E-state index contributed by atoms with van der Waals surface area (Å²) >= 11 is 0. The van der Waals surface area contributed by atoms with Crippen LogP contribution >= 0.6 is 0 Å². The third-order valence-electron chi connectivity index (χ3n) is 2.79. The molecule has 1 N–H and O–H groups in total. The van der Waals surface area contributed by atoms with Gasteiger partial charge in [0, 0.05) is 6.04 Å². The lowest BCUT2D eigenvalue weighted by molar-refractivity contribution is 0.0353. The van der Waals surface area contributed by atoms with Crippen LogP contribution in [0.15, 0.2) is 24.3 Å². The molecule has 1 saturated heterocycles. The quantitative estimate of drug-likeness (QED) is 0.867. The van der Waals surface area contributed by atoms with E-state index in [4.69, 9.17) is 14.2 Å². The second-order valence-electron chi connectivity index (χ2n) is 4.52. The number of benzene rings is 1. The van der Waals surface area contributed by atoms with Crippen molar-refractivity contribution in [2.45, 2.75) is 25.9 Å². The van der Waals surface area contributed by atoms with Crippen molar-refractivity contribution >= 4 is 0 Å². The molecule has 2 unspecified atom stereocenters. The van der Waals surface area contributed by atoms with Gasteiger partial charge >= 0.3 is 0 Å². The molecular weight excluding hydrogens is 230 g/mol. The van der Waals surface area contributed by atoms with Gasteiger partial charge in [-0.05, 0) is 38.1 Å². The maximum Gasteiger partial charge on any atom is 0.119 e. The van der Waals surface area contributed by atoms with Crippen LogP contribution in [0.2, 0.25) is 0 Å². The maximum absolute atomic E-state index is 5.73. The summed E-state index contributed by atoms with van der Waals surface area (Å²) in [7, 11) is 0. The summed E-state index contributed by atoms with van der Waals surface area (Å²) < 4.78 is 16.6. The zero-order chi connectivity index (χ0) is 12.8. The first kappa shape index (κ1) is 13.2. The van der Waals surface area contributed by atoms with Gasteiger partial charge in [-0.1, -0.05) is 0 Å². The Morgan fingerprint density at radius 3 is 2.44 bits per heavy atom. The molecule has 0 aromatic heterocycles. The molecule has 2 rings (SSSR count). The number of rotatable bonds is 5. The highest BCUT2D eigenvalue weighted by atomic mass is 16.5. The van der Waals surface area contributed by atoms with E-state index in [0.717, 1.165) is 18.1 Å². The Kier molecular flexibility index (Phi) is 4.84. The van der Waals surface area contributed by atoms with Crippen LogP contribution in [0.25, 0.3) is 0 Å². The number of hydrogen-bond donors (Lipinski definition) is 1. The van der Waals surface area contributed by atoms with Crippen LogP contribution in [0.5, 0.6) is 11.5 Å². The summed E-state index contributed by atoms with van der Waals surface area (Å²) in [6, 6.07) is 8.36. The highest BCUT2D eigenvalue weighted by Crippen LogP contribution is 2.17. The number of hydrogen-bond acceptors (Lipinski definition) is 4. The van der Waals surface area contributed by atoms with Crippen molar-refractivity contribution in [3.05, 3.63) is 24.3 Å². The predicted octanol–water partition coefficient (Wildman–Crippen LogP) is 1.84. The fraction of sp³-hybridized carbons (Fsp3) is 0.571. The Hall–Kier alpha value is -1.26. The lowest BCUT2D eigenvalue weighted by Crippen LogP contribution is -2.50. The number of ether oxygens (including phenoxy) is 3. The van der Waals surface area contributed by atoms with Gasteiger partial charge in [-0.3, -0.25) is 0 Å². The van der Waals surface area contributed by atoms with Gasteiger partial charge < -0.3 is 19.5 Å². The van der Waals surface area contributed by atoms with Crippen molar-refractivity contribution in [2.24, 2.45) is 0 Å². The fourth-order valence-corrected chi connectivity index (χ4v) is 1.98. The topological polar surface area (TPSA) is 39.7 Å². The zero-order valence-electron chi connectivity index (χ0n) is 11.0. The Balaban J connectivity index is 1.78. The first-order valence-corrected chi connectivity index (χ1v) is 6.47. The van der Waals surface area contributed by atoms with E-state index in [-0.39, 0.29) is 6.04 Å². The largest absolute Gasteiger partial charge is 0.494 e. The van der Waals surface area contributed by atoms with Gasteiger partial charge in [0.1, 0.15) is 18.1 Å². The molecule has 0 aliphatic carbocycles. The normalized spacial score (nSPS) is 23.7. The van der Waals surface area contributed by atoms with Crippen molar-refractivity contribution < 1.29 is 14.2 Å². The molecule has 0 spiro atoms. The highest BCUT2D eigenvalue weighted by molar-refractivity contribution is 5.31. The highest BCUT2D eigenvalue weighted by Gasteiger charge is 2.18. The molecule has 4 nitrogen and oxygen atoms in total. The van der Waals surface area contributed by atoms with E-state index in [2.05, 4.69) is 12.2 Å². The van der Waals surface area contributed by atoms with Crippen LogP contribution in [-0.4, -0.2) is 38.5 Å². The minimum absolute atomic E-state index is 0.264. The van der Waals surface area contributed by atoms with Crippen molar-refractivity contribution in [3.63, 3.8) is 0 Å². The van der Waals surface area contributed by atoms with Gasteiger partial charge in [0.05, 0.1) is 25.9 Å². The summed E-state index contributed by atoms with van der Waals surface area (Å²) in [6.45, 7) is 6.88. The molecule has 1 aromatic carbocycles. The minimum atomic E-state index is 0.264. The maximum atomic E-state index is 5.73. The first-order valence-electron chi connectivity index (χ1n) is 6.47. The molecule has 0 saturated carbocycles. The van der Waals surface area contributed by atoms with Gasteiger partial charge in [-0.25, -0.2) is 0 Å². The van der Waals surface area contributed by atoms with Crippen LogP contribution in [-0.2, 0) is 4.74 Å². The van der Waals surface area contributed by atoms with Gasteiger partial charge in [-0.15, -0.1) is 0 Å². The molecule has 18 heavy (non-hydrogen) atoms. The second-order valence-corrected chi connectivity index (χ2v) is 4.52. The van der Waals surface area contributed by atoms with Crippen molar-refractivity contribution in [2.75, 3.05) is 26.4 Å². The van der Waals surface area contributed by atoms with Gasteiger partial charge in [-0.2, -0.15) is 0 Å². The molecule has 1 heterocycles. The molecule has 1 aliphatic rings. The molecule has 1 aromatic rings. The van der Waals surface area contributed by atoms with Crippen LogP contribution in [0.4, 0.5) is 0 Å². The fourth-order valence-electron chi connectivity index (χ4n) is 1.98. The van der Waals surface area contributed by atoms with E-state index < -0.39 is 0 Å². The van der Waals surface area contributed by atoms with Crippen LogP contribution in [0.3, 0.4) is 0 Å². The molecular formula is C14H21NO3. The average Bonchev–Trinajstić information content (AvgIpc) is 2.38. The number of nitrogens with one attached hydrogen (secondary N) is 1. The molecule has 4 heteroatoms. The molecule has 1 aliphatic heterocycles. The molecule has 100 valence electrons. The van der Waals surface area contributed by atoms with Crippen molar-refractivity contribution in [1.82, 2.24) is 5.32 Å². The van der Waals surface area contributed by atoms with E-state index in [0.29, 0.717) is 25.9 Å². The SMILES string of the molecule is CCOc1ccc(OCC2COCC(C)N2)cc1. The van der Waals surface area contributed by atoms with E-state index in [1.807, 2.05) is 31.2 Å². The van der Waals surface area contributed by atoms with Crippen LogP contribution < -0.4 is 14.8 Å². The molecule has 0 radical (unpaired) electrons. The minimum Gasteiger partial charge on any atom is -0.494 e. The molecule has 0 bridgehead atoms. The molecule has 2 atom stereocenters. The smallest absolute Gasteiger partial charge is 0.119 e. The van der Waals surface area contributed by atoms with Gasteiger partial charge in [0.2, 0.25) is 0 Å². The number of morpholine rings is 1. The Morgan fingerprint density at radius 1 is 1.17 bits per heavy atom. The summed E-state index contributed by atoms with van der Waals surface area (Å²) in [4.78, 5) is 0. The summed E-state index contributed by atoms with van der Waals surface area (Å²) in [5, 5.41) is 3.44. The van der Waals surface area contributed by atoms with Gasteiger partial charge in [0.25, 0.3) is 0 Å². The van der Waals surface area contributed by atoms with Crippen LogP contribution in [0.1, 0.15) is 13.8 Å². The lowest BCUT2D eigenvalue weighted by Gasteiger charge is -2.28. The Morgan fingerprint density at radius 2 is 1.83 bits per heavy atom. The zero-order valence-corrected chi connectivity index (χ0v) is 11.0. The van der Waals surface area contributed by atoms with Gasteiger partial charge in [0.15, 0.2) is 0 Å². The van der Waals surface area contributed by atoms with E-state index >= 15 is 0 Å². The van der Waals surface area contributed by atoms with Crippen molar-refractivity contribution in [3.8, 4) is 11.5 Å². The summed E-state index contributed by atoms with van der Waals surface area (Å²) in [5.41, 5.74) is 0. The van der Waals surface area contributed by atoms with E-state index in [1.165, 1.54) is 0 Å². The predicted molar refractivity (Wildman–Crippen MR) is 70.3 cm³/mol. The molecule has 1 fully saturated rings. The average molecular weight is 251 g/mol. The van der Waals surface area contributed by atoms with E-state index in [1.54, 1.807) is 0 Å². The Bertz CT molecular complexity index is 353. The third-order valence-corrected chi connectivity index (χ3v) is 2.79. The third kappa shape index (κ3) is 3.89. The standard InChI is InChI=1S/C14H21NO3/c1-3-17-13-4-6-14(7-5-13)18-10-12-9-16-8-11(2)15-12/h4-7,11-12,15H,3,8-10H2,1-2H3. The monoisotopic (exact) mass is 251 g/mol. The summed E-state index contributed by atoms with van der Waals surface area (Å²) in [6.07, 6.45) is 0. The molecule has 0 amide bonds. The Labute approximate surface area is 108 Å². The van der Waals surface area contributed by atoms with Crippen LogP contribution in [0, 0.1) is 0 Å².